The van der Waals surface area contributed by atoms with Crippen molar-refractivity contribution in [3.05, 3.63) is 0 Å². The van der Waals surface area contributed by atoms with Gasteiger partial charge in [0.1, 0.15) is 0 Å². The van der Waals surface area contributed by atoms with Crippen molar-refractivity contribution in [3.8, 4) is 0 Å². The van der Waals surface area contributed by atoms with Crippen LogP contribution in [-0.4, -0.2) is 59.6 Å². The van der Waals surface area contributed by atoms with Crippen LogP contribution in [0.5, 0.6) is 0 Å². The lowest BCUT2D eigenvalue weighted by atomic mass is 9.97. The van der Waals surface area contributed by atoms with Crippen molar-refractivity contribution in [2.45, 2.75) is 32.1 Å². The number of piperidine rings is 2. The second-order valence-electron chi connectivity index (χ2n) is 5.38. The normalized spacial score (nSPS) is 22.4. The first kappa shape index (κ1) is 14.3. The molecule has 6 nitrogen and oxygen atoms in total. The molecule has 0 aromatic heterocycles. The minimum absolute atomic E-state index is 0.0782. The standard InChI is InChI=1S/C13H23N3O3/c17-12(10-14-16-6-2-1-3-7-16)15-8-4-11(5-9-15)13(18)19/h11,14H,1-10H2,(H,18,19). The average Bonchev–Trinajstić information content (AvgIpc) is 2.46. The molecule has 19 heavy (non-hydrogen) atoms. The predicted molar refractivity (Wildman–Crippen MR) is 70.4 cm³/mol. The maximum atomic E-state index is 12.0. The molecular formula is C13H23N3O3. The number of carbonyl (C=O) groups excluding carboxylic acids is 1. The number of amides is 1. The highest BCUT2D eigenvalue weighted by Gasteiger charge is 2.26. The van der Waals surface area contributed by atoms with Gasteiger partial charge in [0.15, 0.2) is 0 Å². The molecule has 0 bridgehead atoms. The highest BCUT2D eigenvalue weighted by atomic mass is 16.4. The number of aliphatic carboxylic acids is 1. The van der Waals surface area contributed by atoms with Crippen LogP contribution in [-0.2, 0) is 9.59 Å². The van der Waals surface area contributed by atoms with E-state index < -0.39 is 5.97 Å². The van der Waals surface area contributed by atoms with Crippen LogP contribution in [0.4, 0.5) is 0 Å². The van der Waals surface area contributed by atoms with Crippen molar-refractivity contribution in [3.63, 3.8) is 0 Å². The van der Waals surface area contributed by atoms with Gasteiger partial charge in [-0.05, 0) is 25.7 Å². The number of hydrazine groups is 1. The van der Waals surface area contributed by atoms with E-state index in [2.05, 4.69) is 10.4 Å². The van der Waals surface area contributed by atoms with Crippen LogP contribution in [0.25, 0.3) is 0 Å². The van der Waals surface area contributed by atoms with Gasteiger partial charge in [0, 0.05) is 26.2 Å². The van der Waals surface area contributed by atoms with Crippen LogP contribution >= 0.6 is 0 Å². The third kappa shape index (κ3) is 4.18. The monoisotopic (exact) mass is 269 g/mol. The van der Waals surface area contributed by atoms with Gasteiger partial charge in [-0.3, -0.25) is 9.59 Å². The van der Waals surface area contributed by atoms with Crippen LogP contribution in [0.15, 0.2) is 0 Å². The first-order chi connectivity index (χ1) is 9.16. The van der Waals surface area contributed by atoms with E-state index >= 15 is 0 Å². The van der Waals surface area contributed by atoms with E-state index in [0.717, 1.165) is 13.1 Å². The molecule has 0 atom stereocenters. The largest absolute Gasteiger partial charge is 0.481 e. The molecule has 2 aliphatic rings. The number of carbonyl (C=O) groups is 2. The topological polar surface area (TPSA) is 72.9 Å². The third-order valence-corrected chi connectivity index (χ3v) is 4.01. The Morgan fingerprint density at radius 1 is 1.05 bits per heavy atom. The second kappa shape index (κ2) is 6.86. The van der Waals surface area contributed by atoms with Crippen LogP contribution < -0.4 is 5.43 Å². The summed E-state index contributed by atoms with van der Waals surface area (Å²) < 4.78 is 0. The van der Waals surface area contributed by atoms with Crippen molar-refractivity contribution in [1.29, 1.82) is 0 Å². The van der Waals surface area contributed by atoms with Crippen molar-refractivity contribution < 1.29 is 14.7 Å². The molecule has 0 aromatic rings. The lowest BCUT2D eigenvalue weighted by molar-refractivity contribution is -0.145. The zero-order chi connectivity index (χ0) is 13.7. The Bertz CT molecular complexity index is 321. The Balaban J connectivity index is 1.67. The minimum Gasteiger partial charge on any atom is -0.481 e. The molecule has 0 spiro atoms. The molecule has 0 unspecified atom stereocenters. The van der Waals surface area contributed by atoms with E-state index in [-0.39, 0.29) is 11.8 Å². The van der Waals surface area contributed by atoms with Crippen molar-refractivity contribution in [2.24, 2.45) is 5.92 Å². The Morgan fingerprint density at radius 2 is 1.68 bits per heavy atom. The SMILES string of the molecule is O=C(O)C1CCN(C(=O)CNN2CCCCC2)CC1. The minimum atomic E-state index is -0.737. The van der Waals surface area contributed by atoms with E-state index in [1.165, 1.54) is 19.3 Å². The van der Waals surface area contributed by atoms with Gasteiger partial charge in [-0.25, -0.2) is 10.4 Å². The molecule has 2 N–H and O–H groups in total. The van der Waals surface area contributed by atoms with E-state index in [4.69, 9.17) is 5.11 Å². The molecule has 2 fully saturated rings. The smallest absolute Gasteiger partial charge is 0.306 e. The lowest BCUT2D eigenvalue weighted by Crippen LogP contribution is -2.49. The summed E-state index contributed by atoms with van der Waals surface area (Å²) >= 11 is 0. The Labute approximate surface area is 113 Å². The molecule has 0 saturated carbocycles. The van der Waals surface area contributed by atoms with Crippen molar-refractivity contribution >= 4 is 11.9 Å². The van der Waals surface area contributed by atoms with Crippen LogP contribution in [0.3, 0.4) is 0 Å². The number of hydrogen-bond acceptors (Lipinski definition) is 4. The molecule has 0 aromatic carbocycles. The van der Waals surface area contributed by atoms with Crippen molar-refractivity contribution in [1.82, 2.24) is 15.3 Å². The second-order valence-corrected chi connectivity index (χ2v) is 5.38. The lowest BCUT2D eigenvalue weighted by Gasteiger charge is -2.32. The number of carboxylic acid groups (broad SMARTS) is 1. The molecule has 1 amide bonds. The Kier molecular flexibility index (Phi) is 5.15. The Morgan fingerprint density at radius 3 is 2.26 bits per heavy atom. The van der Waals surface area contributed by atoms with Gasteiger partial charge >= 0.3 is 5.97 Å². The summed E-state index contributed by atoms with van der Waals surface area (Å²) in [6.07, 6.45) is 4.79. The zero-order valence-corrected chi connectivity index (χ0v) is 11.3. The summed E-state index contributed by atoms with van der Waals surface area (Å²) in [6.45, 7) is 3.48. The van der Waals surface area contributed by atoms with Crippen LogP contribution in [0.1, 0.15) is 32.1 Å². The highest BCUT2D eigenvalue weighted by molar-refractivity contribution is 5.78. The van der Waals surface area contributed by atoms with Gasteiger partial charge in [0.05, 0.1) is 12.5 Å². The predicted octanol–water partition coefficient (Wildman–Crippen LogP) is 0.300. The van der Waals surface area contributed by atoms with E-state index in [9.17, 15) is 9.59 Å². The van der Waals surface area contributed by atoms with E-state index in [0.29, 0.717) is 32.5 Å². The fraction of sp³-hybridized carbons (Fsp3) is 0.846. The van der Waals surface area contributed by atoms with Crippen molar-refractivity contribution in [2.75, 3.05) is 32.7 Å². The van der Waals surface area contributed by atoms with Gasteiger partial charge in [-0.2, -0.15) is 0 Å². The van der Waals surface area contributed by atoms with Gasteiger partial charge in [-0.1, -0.05) is 6.42 Å². The molecule has 0 radical (unpaired) electrons. The molecular weight excluding hydrogens is 246 g/mol. The first-order valence-corrected chi connectivity index (χ1v) is 7.16. The molecule has 108 valence electrons. The maximum absolute atomic E-state index is 12.0. The van der Waals surface area contributed by atoms with Gasteiger partial charge in [0.25, 0.3) is 0 Å². The number of nitrogens with one attached hydrogen (secondary N) is 1. The zero-order valence-electron chi connectivity index (χ0n) is 11.3. The fourth-order valence-electron chi connectivity index (χ4n) is 2.72. The van der Waals surface area contributed by atoms with Crippen LogP contribution in [0.2, 0.25) is 0 Å². The number of rotatable bonds is 4. The number of carboxylic acids is 1. The summed E-state index contributed by atoms with van der Waals surface area (Å²) in [7, 11) is 0. The third-order valence-electron chi connectivity index (χ3n) is 4.01. The van der Waals surface area contributed by atoms with Gasteiger partial charge in [0.2, 0.25) is 5.91 Å². The number of likely N-dealkylation sites (tertiary alicyclic amines) is 1. The molecule has 0 aliphatic carbocycles. The molecule has 2 aliphatic heterocycles. The van der Waals surface area contributed by atoms with Crippen LogP contribution in [0, 0.1) is 5.92 Å². The quantitative estimate of drug-likeness (QED) is 0.768. The number of hydrogen-bond donors (Lipinski definition) is 2. The average molecular weight is 269 g/mol. The maximum Gasteiger partial charge on any atom is 0.306 e. The van der Waals surface area contributed by atoms with Gasteiger partial charge < -0.3 is 10.0 Å². The summed E-state index contributed by atoms with van der Waals surface area (Å²) in [5, 5.41) is 11.0. The summed E-state index contributed by atoms with van der Waals surface area (Å²) in [5.74, 6) is -0.938. The van der Waals surface area contributed by atoms with E-state index in [1.54, 1.807) is 4.90 Å². The fourth-order valence-corrected chi connectivity index (χ4v) is 2.72. The van der Waals surface area contributed by atoms with E-state index in [1.807, 2.05) is 0 Å². The number of nitrogens with zero attached hydrogens (tertiary/aromatic N) is 2. The highest BCUT2D eigenvalue weighted by Crippen LogP contribution is 2.17. The summed E-state index contributed by atoms with van der Waals surface area (Å²) in [5.41, 5.74) is 3.18. The Hall–Kier alpha value is -1.14. The molecule has 2 heterocycles. The van der Waals surface area contributed by atoms with Gasteiger partial charge in [-0.15, -0.1) is 0 Å². The molecule has 2 saturated heterocycles. The molecule has 6 heteroatoms. The summed E-state index contributed by atoms with van der Waals surface area (Å²) in [6, 6.07) is 0. The molecule has 2 rings (SSSR count). The first-order valence-electron chi connectivity index (χ1n) is 7.16. The summed E-state index contributed by atoms with van der Waals surface area (Å²) in [4.78, 5) is 24.6.